The van der Waals surface area contributed by atoms with Gasteiger partial charge in [0.15, 0.2) is 0 Å². The Kier molecular flexibility index (Phi) is 3.78. The molecule has 0 unspecified atom stereocenters. The van der Waals surface area contributed by atoms with E-state index in [1.54, 1.807) is 53.1 Å². The van der Waals surface area contributed by atoms with Crippen LogP contribution >= 0.6 is 0 Å². The van der Waals surface area contributed by atoms with Crippen molar-refractivity contribution in [3.63, 3.8) is 0 Å². The third-order valence-corrected chi connectivity index (χ3v) is 4.11. The van der Waals surface area contributed by atoms with Crippen LogP contribution in [0.2, 0.25) is 0 Å². The highest BCUT2D eigenvalue weighted by Gasteiger charge is 2.22. The molecule has 2 aromatic heterocycles. The number of nitro groups is 1. The van der Waals surface area contributed by atoms with Crippen molar-refractivity contribution in [1.29, 1.82) is 0 Å². The number of nitro benzene ring substituents is 1. The van der Waals surface area contributed by atoms with Crippen molar-refractivity contribution in [3.05, 3.63) is 100 Å². The van der Waals surface area contributed by atoms with Crippen molar-refractivity contribution >= 4 is 17.1 Å². The molecule has 0 radical (unpaired) electrons. The second-order valence-corrected chi connectivity index (χ2v) is 5.74. The number of benzene rings is 2. The molecule has 0 N–H and O–H groups in total. The van der Waals surface area contributed by atoms with Crippen LogP contribution in [0.15, 0.2) is 79.0 Å². The monoisotopic (exact) mass is 343 g/mol. The van der Waals surface area contributed by atoms with Crippen molar-refractivity contribution in [2.24, 2.45) is 0 Å². The first kappa shape index (κ1) is 15.7. The van der Waals surface area contributed by atoms with Crippen molar-refractivity contribution in [1.82, 2.24) is 9.38 Å². The molecular formula is C20H13N3O3. The summed E-state index contributed by atoms with van der Waals surface area (Å²) >= 11 is 0. The molecule has 0 bridgehead atoms. The molecule has 6 nitrogen and oxygen atoms in total. The molecular weight excluding hydrogens is 330 g/mol. The number of nitrogens with zero attached hydrogens (tertiary/aromatic N) is 3. The van der Waals surface area contributed by atoms with E-state index >= 15 is 0 Å². The summed E-state index contributed by atoms with van der Waals surface area (Å²) in [7, 11) is 0. The summed E-state index contributed by atoms with van der Waals surface area (Å²) in [6, 6.07) is 20.5. The van der Waals surface area contributed by atoms with Gasteiger partial charge in [0.1, 0.15) is 11.3 Å². The maximum absolute atomic E-state index is 13.0. The van der Waals surface area contributed by atoms with E-state index in [1.165, 1.54) is 12.1 Å². The third-order valence-electron chi connectivity index (χ3n) is 4.11. The van der Waals surface area contributed by atoms with Gasteiger partial charge in [0, 0.05) is 29.5 Å². The smallest absolute Gasteiger partial charge is 0.270 e. The quantitative estimate of drug-likeness (QED) is 0.317. The minimum atomic E-state index is -0.453. The molecule has 0 amide bonds. The maximum Gasteiger partial charge on any atom is 0.270 e. The molecule has 0 saturated heterocycles. The highest BCUT2D eigenvalue weighted by molar-refractivity contribution is 6.11. The van der Waals surface area contributed by atoms with Gasteiger partial charge in [-0.25, -0.2) is 4.98 Å². The summed E-state index contributed by atoms with van der Waals surface area (Å²) in [5.41, 5.74) is 2.46. The Hall–Kier alpha value is -3.80. The number of rotatable bonds is 4. The van der Waals surface area contributed by atoms with Crippen LogP contribution in [0.1, 0.15) is 16.1 Å². The third kappa shape index (κ3) is 2.63. The zero-order valence-corrected chi connectivity index (χ0v) is 13.6. The van der Waals surface area contributed by atoms with Crippen LogP contribution in [0, 0.1) is 10.1 Å². The summed E-state index contributed by atoms with van der Waals surface area (Å²) in [4.78, 5) is 28.2. The average molecular weight is 343 g/mol. The molecule has 0 fully saturated rings. The van der Waals surface area contributed by atoms with Crippen LogP contribution in [0.25, 0.3) is 16.9 Å². The van der Waals surface area contributed by atoms with Gasteiger partial charge in [-0.2, -0.15) is 0 Å². The Morgan fingerprint density at radius 3 is 2.50 bits per heavy atom. The predicted molar refractivity (Wildman–Crippen MR) is 97.2 cm³/mol. The second-order valence-electron chi connectivity index (χ2n) is 5.74. The number of fused-ring (bicyclic) bond motifs is 1. The van der Waals surface area contributed by atoms with E-state index in [0.29, 0.717) is 22.5 Å². The molecule has 4 rings (SSSR count). The SMILES string of the molecule is O=C(c1ccccc1)c1nc2ccccn2c1-c1cccc([N+](=O)[O-])c1. The number of pyridine rings is 1. The van der Waals surface area contributed by atoms with Gasteiger partial charge >= 0.3 is 0 Å². The van der Waals surface area contributed by atoms with E-state index in [9.17, 15) is 14.9 Å². The summed E-state index contributed by atoms with van der Waals surface area (Å²) in [6.45, 7) is 0. The Morgan fingerprint density at radius 1 is 0.962 bits per heavy atom. The summed E-state index contributed by atoms with van der Waals surface area (Å²) < 4.78 is 1.77. The molecule has 26 heavy (non-hydrogen) atoms. The lowest BCUT2D eigenvalue weighted by Gasteiger charge is -2.05. The molecule has 4 aromatic rings. The largest absolute Gasteiger partial charge is 0.299 e. The van der Waals surface area contributed by atoms with Gasteiger partial charge in [0.05, 0.1) is 10.6 Å². The fourth-order valence-electron chi connectivity index (χ4n) is 2.92. The van der Waals surface area contributed by atoms with Gasteiger partial charge < -0.3 is 0 Å². The van der Waals surface area contributed by atoms with Gasteiger partial charge in [-0.05, 0) is 12.1 Å². The lowest BCUT2D eigenvalue weighted by atomic mass is 10.0. The molecule has 0 saturated carbocycles. The standard InChI is InChI=1S/C20H13N3O3/c24-20(14-7-2-1-3-8-14)18-19(22-12-5-4-11-17(22)21-18)15-9-6-10-16(13-15)23(25)26/h1-13H. The van der Waals surface area contributed by atoms with E-state index in [-0.39, 0.29) is 17.2 Å². The van der Waals surface area contributed by atoms with Gasteiger partial charge in [-0.15, -0.1) is 0 Å². The van der Waals surface area contributed by atoms with Crippen molar-refractivity contribution < 1.29 is 9.72 Å². The minimum absolute atomic E-state index is 0.0357. The Morgan fingerprint density at radius 2 is 1.73 bits per heavy atom. The number of non-ortho nitro benzene ring substituents is 1. The first-order chi connectivity index (χ1) is 12.6. The van der Waals surface area contributed by atoms with Crippen molar-refractivity contribution in [2.45, 2.75) is 0 Å². The highest BCUT2D eigenvalue weighted by atomic mass is 16.6. The minimum Gasteiger partial charge on any atom is -0.299 e. The molecule has 2 aromatic carbocycles. The second kappa shape index (κ2) is 6.25. The predicted octanol–water partition coefficient (Wildman–Crippen LogP) is 4.14. The van der Waals surface area contributed by atoms with E-state index in [2.05, 4.69) is 4.98 Å². The lowest BCUT2D eigenvalue weighted by molar-refractivity contribution is -0.384. The van der Waals surface area contributed by atoms with Crippen LogP contribution in [-0.2, 0) is 0 Å². The molecule has 0 spiro atoms. The molecule has 2 heterocycles. The normalized spacial score (nSPS) is 10.8. The van der Waals surface area contributed by atoms with E-state index in [4.69, 9.17) is 0 Å². The van der Waals surface area contributed by atoms with Crippen LogP contribution in [-0.4, -0.2) is 20.1 Å². The summed E-state index contributed by atoms with van der Waals surface area (Å²) in [6.07, 6.45) is 1.79. The number of ketones is 1. The van der Waals surface area contributed by atoms with Crippen molar-refractivity contribution in [2.75, 3.05) is 0 Å². The number of imidazole rings is 1. The zero-order valence-electron chi connectivity index (χ0n) is 13.6. The molecule has 0 aliphatic carbocycles. The Labute approximate surface area is 148 Å². The van der Waals surface area contributed by atoms with Crippen LogP contribution in [0.5, 0.6) is 0 Å². The zero-order chi connectivity index (χ0) is 18.1. The lowest BCUT2D eigenvalue weighted by Crippen LogP contribution is -2.04. The highest BCUT2D eigenvalue weighted by Crippen LogP contribution is 2.29. The first-order valence-electron chi connectivity index (χ1n) is 7.97. The van der Waals surface area contributed by atoms with Crippen molar-refractivity contribution in [3.8, 4) is 11.3 Å². The molecule has 0 atom stereocenters. The number of carbonyl (C=O) groups excluding carboxylic acids is 1. The summed E-state index contributed by atoms with van der Waals surface area (Å²) in [5.74, 6) is -0.226. The number of hydrogen-bond donors (Lipinski definition) is 0. The van der Waals surface area contributed by atoms with Crippen LogP contribution in [0.3, 0.4) is 0 Å². The Balaban J connectivity index is 1.97. The van der Waals surface area contributed by atoms with Gasteiger partial charge in [0.25, 0.3) is 5.69 Å². The van der Waals surface area contributed by atoms with Gasteiger partial charge in [-0.1, -0.05) is 48.5 Å². The van der Waals surface area contributed by atoms with Gasteiger partial charge in [0.2, 0.25) is 5.78 Å². The van der Waals surface area contributed by atoms with Crippen LogP contribution in [0.4, 0.5) is 5.69 Å². The number of aromatic nitrogens is 2. The number of hydrogen-bond acceptors (Lipinski definition) is 4. The molecule has 0 aliphatic rings. The molecule has 0 aliphatic heterocycles. The topological polar surface area (TPSA) is 77.5 Å². The van der Waals surface area contributed by atoms with E-state index < -0.39 is 4.92 Å². The fraction of sp³-hybridized carbons (Fsp3) is 0. The molecule has 6 heteroatoms. The Bertz CT molecular complexity index is 1130. The van der Waals surface area contributed by atoms with E-state index in [1.807, 2.05) is 18.2 Å². The maximum atomic E-state index is 13.0. The van der Waals surface area contributed by atoms with Gasteiger partial charge in [-0.3, -0.25) is 19.3 Å². The number of carbonyl (C=O) groups is 1. The van der Waals surface area contributed by atoms with Crippen LogP contribution < -0.4 is 0 Å². The fourth-order valence-corrected chi connectivity index (χ4v) is 2.92. The summed E-state index contributed by atoms with van der Waals surface area (Å²) in [5, 5.41) is 11.1. The van der Waals surface area contributed by atoms with E-state index in [0.717, 1.165) is 0 Å². The molecule has 126 valence electrons. The first-order valence-corrected chi connectivity index (χ1v) is 7.97. The average Bonchev–Trinajstić information content (AvgIpc) is 3.07.